The number of benzene rings is 1. The molecule has 3 aromatic rings. The third-order valence-electron chi connectivity index (χ3n) is 5.78. The summed E-state index contributed by atoms with van der Waals surface area (Å²) in [6, 6.07) is 8.14. The second kappa shape index (κ2) is 8.57. The summed E-state index contributed by atoms with van der Waals surface area (Å²) in [7, 11) is 0. The minimum absolute atomic E-state index is 0.0216. The molecular formula is C25H20F2N4O2S. The molecule has 2 aliphatic rings. The number of allylic oxidation sites excluding steroid dienone is 4. The number of nitrogens with zero attached hydrogens (tertiary/aromatic N) is 3. The highest BCUT2D eigenvalue weighted by molar-refractivity contribution is 7.16. The van der Waals surface area contributed by atoms with Crippen LogP contribution in [0.2, 0.25) is 0 Å². The number of aromatic carboxylic acids is 1. The number of fused-ring (bicyclic) bond motifs is 3. The van der Waals surface area contributed by atoms with Gasteiger partial charge in [-0.1, -0.05) is 13.0 Å². The Morgan fingerprint density at radius 3 is 2.76 bits per heavy atom. The average Bonchev–Trinajstić information content (AvgIpc) is 3.14. The van der Waals surface area contributed by atoms with E-state index in [1.54, 1.807) is 25.3 Å². The van der Waals surface area contributed by atoms with Crippen molar-refractivity contribution in [3.63, 3.8) is 0 Å². The summed E-state index contributed by atoms with van der Waals surface area (Å²) in [4.78, 5) is 26.5. The lowest BCUT2D eigenvalue weighted by Crippen LogP contribution is -2.24. The van der Waals surface area contributed by atoms with Crippen LogP contribution in [0.1, 0.15) is 33.3 Å². The fourth-order valence-corrected chi connectivity index (χ4v) is 5.05. The van der Waals surface area contributed by atoms with E-state index in [0.29, 0.717) is 28.6 Å². The van der Waals surface area contributed by atoms with Crippen molar-refractivity contribution in [1.82, 2.24) is 9.97 Å². The number of carboxylic acid groups (broad SMARTS) is 1. The summed E-state index contributed by atoms with van der Waals surface area (Å²) in [5, 5.41) is 12.2. The highest BCUT2D eigenvalue weighted by Crippen LogP contribution is 2.40. The van der Waals surface area contributed by atoms with Gasteiger partial charge in [0.15, 0.2) is 0 Å². The van der Waals surface area contributed by atoms with Gasteiger partial charge in [0, 0.05) is 39.4 Å². The number of aliphatic imine (C=N–C) groups is 1. The van der Waals surface area contributed by atoms with E-state index >= 15 is 4.39 Å². The fourth-order valence-electron chi connectivity index (χ4n) is 4.01. The third kappa shape index (κ3) is 3.92. The van der Waals surface area contributed by atoms with Crippen molar-refractivity contribution in [2.45, 2.75) is 26.6 Å². The van der Waals surface area contributed by atoms with Crippen LogP contribution in [0.3, 0.4) is 0 Å². The van der Waals surface area contributed by atoms with Crippen molar-refractivity contribution in [3.05, 3.63) is 81.6 Å². The van der Waals surface area contributed by atoms with E-state index in [2.05, 4.69) is 15.3 Å². The SMILES string of the molecule is Cc1cc2c(s1)-c1nc(Nc3ccc(C(=O)O)cc3)ncc1CN=C2C1=C(F)C=CC(C)C1F. The molecule has 1 aromatic carbocycles. The summed E-state index contributed by atoms with van der Waals surface area (Å²) >= 11 is 1.49. The van der Waals surface area contributed by atoms with Gasteiger partial charge in [-0.2, -0.15) is 0 Å². The van der Waals surface area contributed by atoms with Crippen molar-refractivity contribution < 1.29 is 18.7 Å². The Bertz CT molecular complexity index is 1390. The first-order chi connectivity index (χ1) is 16.3. The van der Waals surface area contributed by atoms with Gasteiger partial charge < -0.3 is 10.4 Å². The van der Waals surface area contributed by atoms with Gasteiger partial charge in [-0.25, -0.2) is 23.5 Å². The van der Waals surface area contributed by atoms with E-state index in [0.717, 1.165) is 15.3 Å². The third-order valence-corrected chi connectivity index (χ3v) is 6.84. The first kappa shape index (κ1) is 22.1. The smallest absolute Gasteiger partial charge is 0.335 e. The van der Waals surface area contributed by atoms with Crippen LogP contribution in [0.4, 0.5) is 20.4 Å². The van der Waals surface area contributed by atoms with Gasteiger partial charge in [0.1, 0.15) is 12.0 Å². The van der Waals surface area contributed by atoms with E-state index in [4.69, 9.17) is 10.1 Å². The Morgan fingerprint density at radius 2 is 2.03 bits per heavy atom. The average molecular weight is 479 g/mol. The Morgan fingerprint density at radius 1 is 1.26 bits per heavy atom. The molecule has 172 valence electrons. The number of halogens is 2. The first-order valence-electron chi connectivity index (χ1n) is 10.7. The lowest BCUT2D eigenvalue weighted by Gasteiger charge is -2.22. The molecule has 1 aliphatic carbocycles. The van der Waals surface area contributed by atoms with Crippen molar-refractivity contribution in [2.24, 2.45) is 10.9 Å². The van der Waals surface area contributed by atoms with Crippen LogP contribution >= 0.6 is 11.3 Å². The summed E-state index contributed by atoms with van der Waals surface area (Å²) in [5.74, 6) is -1.74. The van der Waals surface area contributed by atoms with Gasteiger partial charge in [-0.3, -0.25) is 4.99 Å². The van der Waals surface area contributed by atoms with E-state index < -0.39 is 23.9 Å². The molecule has 0 radical (unpaired) electrons. The normalized spacial score (nSPS) is 19.2. The number of hydrogen-bond acceptors (Lipinski definition) is 6. The number of aryl methyl sites for hydroxylation is 1. The molecule has 0 spiro atoms. The van der Waals surface area contributed by atoms with Crippen LogP contribution in [0, 0.1) is 12.8 Å². The highest BCUT2D eigenvalue weighted by atomic mass is 32.1. The molecule has 1 aliphatic heterocycles. The number of hydrogen-bond donors (Lipinski definition) is 2. The van der Waals surface area contributed by atoms with Crippen molar-refractivity contribution in [1.29, 1.82) is 0 Å². The summed E-state index contributed by atoms with van der Waals surface area (Å²) in [6.07, 6.45) is 3.01. The maximum absolute atomic E-state index is 15.1. The molecule has 0 amide bonds. The van der Waals surface area contributed by atoms with E-state index in [9.17, 15) is 9.18 Å². The molecule has 3 heterocycles. The van der Waals surface area contributed by atoms with Gasteiger partial charge >= 0.3 is 5.97 Å². The van der Waals surface area contributed by atoms with Crippen molar-refractivity contribution in [3.8, 4) is 10.6 Å². The Labute approximate surface area is 198 Å². The second-order valence-corrected chi connectivity index (χ2v) is 9.48. The van der Waals surface area contributed by atoms with E-state index in [1.807, 2.05) is 13.0 Å². The number of anilines is 2. The maximum atomic E-state index is 15.1. The molecule has 0 saturated heterocycles. The number of alkyl halides is 1. The molecule has 0 bridgehead atoms. The van der Waals surface area contributed by atoms with Crippen LogP contribution in [0.5, 0.6) is 0 Å². The standard InChI is InChI=1S/C25H20F2N4O2S/c1-12-3-8-18(26)19(20(12)27)22-17-9-13(2)34-23(17)21-15(10-28-22)11-29-25(31-21)30-16-6-4-14(5-7-16)24(32)33/h3-9,11-12,20H,10H2,1-2H3,(H,32,33)(H,29,30,31). The number of carboxylic acids is 1. The fraction of sp³-hybridized carbons (Fsp3) is 0.200. The van der Waals surface area contributed by atoms with Crippen LogP contribution in [0.25, 0.3) is 10.6 Å². The number of rotatable bonds is 4. The zero-order chi connectivity index (χ0) is 24.0. The molecule has 2 N–H and O–H groups in total. The van der Waals surface area contributed by atoms with E-state index in [-0.39, 0.29) is 17.7 Å². The van der Waals surface area contributed by atoms with Gasteiger partial charge in [0.2, 0.25) is 5.95 Å². The van der Waals surface area contributed by atoms with Gasteiger partial charge in [0.05, 0.1) is 28.4 Å². The summed E-state index contributed by atoms with van der Waals surface area (Å²) < 4.78 is 29.9. The van der Waals surface area contributed by atoms with Crippen LogP contribution < -0.4 is 5.32 Å². The van der Waals surface area contributed by atoms with Crippen molar-refractivity contribution >= 4 is 34.7 Å². The first-order valence-corrected chi connectivity index (χ1v) is 11.5. The van der Waals surface area contributed by atoms with Gasteiger partial charge in [0.25, 0.3) is 0 Å². The number of thiophene rings is 1. The van der Waals surface area contributed by atoms with Crippen LogP contribution in [-0.2, 0) is 6.54 Å². The number of carbonyl (C=O) groups is 1. The monoisotopic (exact) mass is 478 g/mol. The number of aromatic nitrogens is 2. The van der Waals surface area contributed by atoms with Gasteiger partial charge in [-0.05, 0) is 43.3 Å². The van der Waals surface area contributed by atoms with E-state index in [1.165, 1.54) is 35.6 Å². The minimum Gasteiger partial charge on any atom is -0.478 e. The quantitative estimate of drug-likeness (QED) is 0.478. The molecule has 2 atom stereocenters. The maximum Gasteiger partial charge on any atom is 0.335 e. The molecule has 34 heavy (non-hydrogen) atoms. The molecule has 0 saturated carbocycles. The second-order valence-electron chi connectivity index (χ2n) is 8.22. The van der Waals surface area contributed by atoms with Gasteiger partial charge in [-0.15, -0.1) is 11.3 Å². The number of nitrogens with one attached hydrogen (secondary N) is 1. The Kier molecular flexibility index (Phi) is 5.57. The molecular weight excluding hydrogens is 458 g/mol. The van der Waals surface area contributed by atoms with Crippen LogP contribution in [0.15, 0.2) is 65.1 Å². The summed E-state index contributed by atoms with van der Waals surface area (Å²) in [5.41, 5.74) is 3.17. The summed E-state index contributed by atoms with van der Waals surface area (Å²) in [6.45, 7) is 3.84. The molecule has 2 aromatic heterocycles. The predicted octanol–water partition coefficient (Wildman–Crippen LogP) is 6.03. The van der Waals surface area contributed by atoms with Crippen LogP contribution in [-0.4, -0.2) is 32.9 Å². The highest BCUT2D eigenvalue weighted by Gasteiger charge is 2.33. The largest absolute Gasteiger partial charge is 0.478 e. The zero-order valence-electron chi connectivity index (χ0n) is 18.3. The topological polar surface area (TPSA) is 87.5 Å². The minimum atomic E-state index is -1.49. The lowest BCUT2D eigenvalue weighted by atomic mass is 9.87. The van der Waals surface area contributed by atoms with Crippen molar-refractivity contribution in [2.75, 3.05) is 5.32 Å². The zero-order valence-corrected chi connectivity index (χ0v) is 19.2. The molecule has 6 nitrogen and oxygen atoms in total. The lowest BCUT2D eigenvalue weighted by molar-refractivity contribution is 0.0697. The molecule has 2 unspecified atom stereocenters. The molecule has 0 fully saturated rings. The predicted molar refractivity (Wildman–Crippen MR) is 128 cm³/mol. The molecule has 9 heteroatoms. The Hall–Kier alpha value is -3.72. The Balaban J connectivity index is 1.55. The molecule has 5 rings (SSSR count).